The lowest BCUT2D eigenvalue weighted by atomic mass is 10.1. The number of para-hydroxylation sites is 1. The number of halogens is 1. The summed E-state index contributed by atoms with van der Waals surface area (Å²) in [5, 5.41) is 12.7. The normalized spacial score (nSPS) is 13.1. The molecule has 0 spiro atoms. The molecule has 0 aromatic heterocycles. The van der Waals surface area contributed by atoms with E-state index in [2.05, 4.69) is 5.32 Å². The molecular weight excluding hydrogens is 309 g/mol. The van der Waals surface area contributed by atoms with Crippen LogP contribution in [0.3, 0.4) is 0 Å². The summed E-state index contributed by atoms with van der Waals surface area (Å²) in [6.45, 7) is 1.90. The van der Waals surface area contributed by atoms with Crippen molar-refractivity contribution in [2.24, 2.45) is 0 Å². The van der Waals surface area contributed by atoms with Gasteiger partial charge in [-0.1, -0.05) is 49.4 Å². The van der Waals surface area contributed by atoms with Crippen molar-refractivity contribution in [1.29, 1.82) is 0 Å². The molecule has 0 heterocycles. The molecule has 2 atom stereocenters. The molecule has 2 aromatic carbocycles. The monoisotopic (exact) mass is 331 g/mol. The van der Waals surface area contributed by atoms with E-state index in [0.29, 0.717) is 12.8 Å². The Bertz CT molecular complexity index is 648. The third-order valence-corrected chi connectivity index (χ3v) is 3.60. The summed E-state index contributed by atoms with van der Waals surface area (Å²) in [5.74, 6) is -0.829. The molecule has 0 aliphatic rings. The molecule has 2 rings (SSSR count). The molecule has 2 aromatic rings. The van der Waals surface area contributed by atoms with Gasteiger partial charge in [-0.25, -0.2) is 4.39 Å². The van der Waals surface area contributed by atoms with E-state index in [4.69, 9.17) is 4.74 Å². The van der Waals surface area contributed by atoms with Crippen molar-refractivity contribution >= 4 is 5.91 Å². The number of nitrogens with one attached hydrogen (secondary N) is 1. The first-order valence-corrected chi connectivity index (χ1v) is 8.01. The fraction of sp³-hybridized carbons (Fsp3) is 0.316. The van der Waals surface area contributed by atoms with E-state index < -0.39 is 18.0 Å². The van der Waals surface area contributed by atoms with Crippen LogP contribution in [0.4, 0.5) is 4.39 Å². The van der Waals surface area contributed by atoms with Crippen LogP contribution in [0, 0.1) is 5.82 Å². The van der Waals surface area contributed by atoms with Crippen LogP contribution in [0.1, 0.15) is 18.9 Å². The first-order valence-electron chi connectivity index (χ1n) is 8.01. The summed E-state index contributed by atoms with van der Waals surface area (Å²) in [5.41, 5.74) is 0.994. The third kappa shape index (κ3) is 5.35. The van der Waals surface area contributed by atoms with E-state index in [0.717, 1.165) is 5.56 Å². The summed E-state index contributed by atoms with van der Waals surface area (Å²) < 4.78 is 19.0. The minimum Gasteiger partial charge on any atom is -0.478 e. The lowest BCUT2D eigenvalue weighted by molar-refractivity contribution is -0.128. The van der Waals surface area contributed by atoms with Crippen molar-refractivity contribution < 1.29 is 19.0 Å². The second-order valence-electron chi connectivity index (χ2n) is 5.53. The molecule has 0 bridgehead atoms. The summed E-state index contributed by atoms with van der Waals surface area (Å²) in [6.07, 6.45) is -0.644. The van der Waals surface area contributed by atoms with Crippen molar-refractivity contribution in [2.45, 2.75) is 32.0 Å². The van der Waals surface area contributed by atoms with Crippen LogP contribution >= 0.6 is 0 Å². The van der Waals surface area contributed by atoms with Crippen LogP contribution < -0.4 is 10.1 Å². The number of aliphatic hydroxyl groups is 1. The highest BCUT2D eigenvalue weighted by molar-refractivity contribution is 5.81. The zero-order valence-electron chi connectivity index (χ0n) is 13.6. The number of aliphatic hydroxyl groups excluding tert-OH is 1. The fourth-order valence-electron chi connectivity index (χ4n) is 2.31. The van der Waals surface area contributed by atoms with Crippen LogP contribution in [0.2, 0.25) is 0 Å². The van der Waals surface area contributed by atoms with E-state index in [9.17, 15) is 14.3 Å². The van der Waals surface area contributed by atoms with Crippen molar-refractivity contribution in [2.75, 3.05) is 6.54 Å². The quantitative estimate of drug-likeness (QED) is 0.782. The number of hydrogen-bond donors (Lipinski definition) is 2. The lowest BCUT2D eigenvalue weighted by Crippen LogP contribution is -2.42. The SMILES string of the molecule is CCC(Oc1ccccc1F)C(=O)NCC(O)Cc1ccccc1. The molecule has 0 fully saturated rings. The standard InChI is InChI=1S/C19H22FNO3/c1-2-17(24-18-11-7-6-10-16(18)20)19(23)21-13-15(22)12-14-8-4-3-5-9-14/h3-11,15,17,22H,2,12-13H2,1H3,(H,21,23). The number of ether oxygens (including phenoxy) is 1. The summed E-state index contributed by atoms with van der Waals surface area (Å²) in [4.78, 5) is 12.2. The van der Waals surface area contributed by atoms with Crippen LogP contribution in [0.5, 0.6) is 5.75 Å². The Kier molecular flexibility index (Phi) is 6.75. The second kappa shape index (κ2) is 9.03. The van der Waals surface area contributed by atoms with Crippen molar-refractivity contribution in [3.8, 4) is 5.75 Å². The Hall–Kier alpha value is -2.40. The molecule has 0 saturated heterocycles. The fourth-order valence-corrected chi connectivity index (χ4v) is 2.31. The van der Waals surface area contributed by atoms with Gasteiger partial charge in [0.2, 0.25) is 0 Å². The molecule has 24 heavy (non-hydrogen) atoms. The van der Waals surface area contributed by atoms with E-state index >= 15 is 0 Å². The highest BCUT2D eigenvalue weighted by atomic mass is 19.1. The maximum absolute atomic E-state index is 13.6. The zero-order valence-corrected chi connectivity index (χ0v) is 13.6. The first-order chi connectivity index (χ1) is 11.6. The molecule has 4 nitrogen and oxygen atoms in total. The van der Waals surface area contributed by atoms with Gasteiger partial charge in [0.05, 0.1) is 6.10 Å². The van der Waals surface area contributed by atoms with Gasteiger partial charge in [0.1, 0.15) is 0 Å². The Balaban J connectivity index is 1.84. The topological polar surface area (TPSA) is 58.6 Å². The van der Waals surface area contributed by atoms with Crippen molar-refractivity contribution in [1.82, 2.24) is 5.32 Å². The van der Waals surface area contributed by atoms with Gasteiger partial charge in [0.15, 0.2) is 17.7 Å². The van der Waals surface area contributed by atoms with E-state index in [1.807, 2.05) is 30.3 Å². The molecule has 0 aliphatic heterocycles. The van der Waals surface area contributed by atoms with Crippen LogP contribution in [0.25, 0.3) is 0 Å². The summed E-state index contributed by atoms with van der Waals surface area (Å²) >= 11 is 0. The minimum atomic E-state index is -0.800. The number of carbonyl (C=O) groups excluding carboxylic acids is 1. The summed E-state index contributed by atoms with van der Waals surface area (Å²) in [7, 11) is 0. The van der Waals surface area contributed by atoms with Gasteiger partial charge >= 0.3 is 0 Å². The molecule has 0 saturated carbocycles. The van der Waals surface area contributed by atoms with Gasteiger partial charge in [-0.3, -0.25) is 4.79 Å². The van der Waals surface area contributed by atoms with Gasteiger partial charge in [0, 0.05) is 13.0 Å². The number of benzene rings is 2. The lowest BCUT2D eigenvalue weighted by Gasteiger charge is -2.19. The van der Waals surface area contributed by atoms with Gasteiger partial charge in [-0.15, -0.1) is 0 Å². The molecule has 0 radical (unpaired) electrons. The highest BCUT2D eigenvalue weighted by Crippen LogP contribution is 2.18. The first kappa shape index (κ1) is 17.9. The number of rotatable bonds is 8. The average molecular weight is 331 g/mol. The predicted molar refractivity (Wildman–Crippen MR) is 90.3 cm³/mol. The molecular formula is C19H22FNO3. The maximum atomic E-state index is 13.6. The molecule has 2 unspecified atom stereocenters. The Morgan fingerprint density at radius 2 is 1.83 bits per heavy atom. The molecule has 5 heteroatoms. The third-order valence-electron chi connectivity index (χ3n) is 3.60. The Labute approximate surface area is 141 Å². The minimum absolute atomic E-state index is 0.0457. The van der Waals surface area contributed by atoms with Crippen molar-refractivity contribution in [3.63, 3.8) is 0 Å². The zero-order chi connectivity index (χ0) is 17.4. The van der Waals surface area contributed by atoms with E-state index in [1.54, 1.807) is 19.1 Å². The van der Waals surface area contributed by atoms with E-state index in [-0.39, 0.29) is 18.2 Å². The Morgan fingerprint density at radius 1 is 1.17 bits per heavy atom. The number of amides is 1. The maximum Gasteiger partial charge on any atom is 0.261 e. The van der Waals surface area contributed by atoms with Crippen LogP contribution in [-0.4, -0.2) is 29.8 Å². The van der Waals surface area contributed by atoms with Gasteiger partial charge in [0.25, 0.3) is 5.91 Å². The van der Waals surface area contributed by atoms with E-state index in [1.165, 1.54) is 12.1 Å². The van der Waals surface area contributed by atoms with Gasteiger partial charge in [-0.2, -0.15) is 0 Å². The molecule has 1 amide bonds. The average Bonchev–Trinajstić information content (AvgIpc) is 2.60. The highest BCUT2D eigenvalue weighted by Gasteiger charge is 2.20. The number of hydrogen-bond acceptors (Lipinski definition) is 3. The van der Waals surface area contributed by atoms with Crippen molar-refractivity contribution in [3.05, 3.63) is 66.0 Å². The number of carbonyl (C=O) groups is 1. The molecule has 0 aliphatic carbocycles. The van der Waals surface area contributed by atoms with Crippen LogP contribution in [0.15, 0.2) is 54.6 Å². The van der Waals surface area contributed by atoms with Gasteiger partial charge in [-0.05, 0) is 24.1 Å². The molecule has 128 valence electrons. The Morgan fingerprint density at radius 3 is 2.50 bits per heavy atom. The second-order valence-corrected chi connectivity index (χ2v) is 5.53. The summed E-state index contributed by atoms with van der Waals surface area (Å²) in [6, 6.07) is 15.5. The predicted octanol–water partition coefficient (Wildman–Crippen LogP) is 2.70. The van der Waals surface area contributed by atoms with Crippen LogP contribution in [-0.2, 0) is 11.2 Å². The molecule has 2 N–H and O–H groups in total. The smallest absolute Gasteiger partial charge is 0.261 e. The van der Waals surface area contributed by atoms with Gasteiger partial charge < -0.3 is 15.2 Å². The largest absolute Gasteiger partial charge is 0.478 e.